The van der Waals surface area contributed by atoms with Crippen molar-refractivity contribution in [3.8, 4) is 0 Å². The van der Waals surface area contributed by atoms with Crippen molar-refractivity contribution in [1.29, 1.82) is 0 Å². The monoisotopic (exact) mass is 272 g/mol. The highest BCUT2D eigenvalue weighted by atomic mass is 32.2. The van der Waals surface area contributed by atoms with E-state index in [9.17, 15) is 0 Å². The summed E-state index contributed by atoms with van der Waals surface area (Å²) in [6, 6.07) is 10.1. The van der Waals surface area contributed by atoms with Gasteiger partial charge in [-0.05, 0) is 55.4 Å². The van der Waals surface area contributed by atoms with Crippen molar-refractivity contribution in [2.75, 3.05) is 0 Å². The summed E-state index contributed by atoms with van der Waals surface area (Å²) in [7, 11) is 0. The molecule has 0 saturated carbocycles. The molecule has 0 spiro atoms. The Morgan fingerprint density at radius 1 is 1.22 bits per heavy atom. The van der Waals surface area contributed by atoms with Crippen molar-refractivity contribution < 1.29 is 0 Å². The molecule has 0 aliphatic rings. The molecule has 0 atom stereocenters. The van der Waals surface area contributed by atoms with E-state index in [0.717, 1.165) is 10.7 Å². The van der Waals surface area contributed by atoms with Crippen LogP contribution in [-0.2, 0) is 0 Å². The maximum Gasteiger partial charge on any atom is 0.101 e. The molecule has 0 N–H and O–H groups in total. The second-order valence-electron chi connectivity index (χ2n) is 3.86. The van der Waals surface area contributed by atoms with Gasteiger partial charge in [0.2, 0.25) is 0 Å². The summed E-state index contributed by atoms with van der Waals surface area (Å²) in [5.41, 5.74) is 3.32. The standard InChI is InChI=1S/C14H12N2S2/c1-10-4-3-5-13(11(10)2)18-14-7-6-12(8-15-14)16-9-17/h3-8H,1-2H3. The van der Waals surface area contributed by atoms with Gasteiger partial charge in [-0.15, -0.1) is 0 Å². The number of aryl methyl sites for hydroxylation is 1. The molecule has 2 nitrogen and oxygen atoms in total. The number of benzene rings is 1. The normalized spacial score (nSPS) is 9.89. The van der Waals surface area contributed by atoms with Gasteiger partial charge in [-0.25, -0.2) is 4.98 Å². The number of nitrogens with zero attached hydrogens (tertiary/aromatic N) is 2. The molecular formula is C14H12N2S2. The largest absolute Gasteiger partial charge is 0.247 e. The second-order valence-corrected chi connectivity index (χ2v) is 5.10. The van der Waals surface area contributed by atoms with E-state index in [2.05, 4.69) is 59.4 Å². The van der Waals surface area contributed by atoms with Gasteiger partial charge in [0.05, 0.1) is 17.0 Å². The quantitative estimate of drug-likeness (QED) is 0.604. The lowest BCUT2D eigenvalue weighted by Gasteiger charge is -2.07. The Bertz CT molecular complexity index is 600. The summed E-state index contributed by atoms with van der Waals surface area (Å²) >= 11 is 6.21. The average molecular weight is 272 g/mol. The first kappa shape index (κ1) is 13.0. The summed E-state index contributed by atoms with van der Waals surface area (Å²) < 4.78 is 0. The average Bonchev–Trinajstić information content (AvgIpc) is 2.38. The maximum atomic E-state index is 4.55. The van der Waals surface area contributed by atoms with Crippen molar-refractivity contribution in [2.24, 2.45) is 4.99 Å². The molecule has 0 bridgehead atoms. The molecular weight excluding hydrogens is 260 g/mol. The fourth-order valence-electron chi connectivity index (χ4n) is 1.50. The van der Waals surface area contributed by atoms with Gasteiger partial charge in [-0.1, -0.05) is 23.9 Å². The van der Waals surface area contributed by atoms with E-state index in [1.54, 1.807) is 18.0 Å². The second kappa shape index (κ2) is 5.91. The van der Waals surface area contributed by atoms with Gasteiger partial charge in [0.25, 0.3) is 0 Å². The Morgan fingerprint density at radius 2 is 2.06 bits per heavy atom. The van der Waals surface area contributed by atoms with Crippen molar-refractivity contribution in [2.45, 2.75) is 23.8 Å². The minimum absolute atomic E-state index is 0.732. The lowest BCUT2D eigenvalue weighted by molar-refractivity contribution is 1.12. The topological polar surface area (TPSA) is 25.2 Å². The van der Waals surface area contributed by atoms with Gasteiger partial charge in [0.1, 0.15) is 5.03 Å². The first-order valence-electron chi connectivity index (χ1n) is 5.48. The highest BCUT2D eigenvalue weighted by molar-refractivity contribution is 7.99. The zero-order valence-electron chi connectivity index (χ0n) is 10.2. The van der Waals surface area contributed by atoms with Crippen molar-refractivity contribution in [1.82, 2.24) is 4.98 Å². The Morgan fingerprint density at radius 3 is 2.72 bits per heavy atom. The van der Waals surface area contributed by atoms with Gasteiger partial charge < -0.3 is 0 Å². The van der Waals surface area contributed by atoms with Gasteiger partial charge in [0, 0.05) is 4.90 Å². The molecule has 4 heteroatoms. The Kier molecular flexibility index (Phi) is 4.26. The smallest absolute Gasteiger partial charge is 0.101 e. The number of aromatic nitrogens is 1. The predicted molar refractivity (Wildman–Crippen MR) is 79.0 cm³/mol. The van der Waals surface area contributed by atoms with E-state index in [0.29, 0.717) is 0 Å². The van der Waals surface area contributed by atoms with E-state index in [1.165, 1.54) is 16.0 Å². The van der Waals surface area contributed by atoms with Gasteiger partial charge in [-0.2, -0.15) is 4.99 Å². The highest BCUT2D eigenvalue weighted by Crippen LogP contribution is 2.30. The van der Waals surface area contributed by atoms with E-state index >= 15 is 0 Å². The molecule has 1 heterocycles. The van der Waals surface area contributed by atoms with Crippen LogP contribution in [0.1, 0.15) is 11.1 Å². The molecule has 2 aromatic rings. The van der Waals surface area contributed by atoms with Gasteiger partial charge in [0.15, 0.2) is 0 Å². The maximum absolute atomic E-state index is 4.55. The minimum atomic E-state index is 0.732. The number of isothiocyanates is 1. The van der Waals surface area contributed by atoms with E-state index in [4.69, 9.17) is 0 Å². The summed E-state index contributed by atoms with van der Waals surface area (Å²) in [5, 5.41) is 3.28. The summed E-state index contributed by atoms with van der Waals surface area (Å²) in [6.45, 7) is 4.24. The highest BCUT2D eigenvalue weighted by Gasteiger charge is 2.03. The number of hydrogen-bond acceptors (Lipinski definition) is 4. The lowest BCUT2D eigenvalue weighted by atomic mass is 10.1. The number of thiocarbonyl (C=S) groups is 1. The fraction of sp³-hybridized carbons (Fsp3) is 0.143. The SMILES string of the molecule is Cc1cccc(Sc2ccc(N=C=S)cn2)c1C. The number of aliphatic imine (C=N–C) groups is 1. The van der Waals surface area contributed by atoms with Crippen LogP contribution in [0.25, 0.3) is 0 Å². The van der Waals surface area contributed by atoms with Gasteiger partial charge >= 0.3 is 0 Å². The summed E-state index contributed by atoms with van der Waals surface area (Å²) in [6.07, 6.45) is 1.70. The fourth-order valence-corrected chi connectivity index (χ4v) is 2.53. The minimum Gasteiger partial charge on any atom is -0.247 e. The molecule has 2 rings (SSSR count). The molecule has 1 aromatic heterocycles. The molecule has 0 amide bonds. The third kappa shape index (κ3) is 3.05. The van der Waals surface area contributed by atoms with Crippen LogP contribution < -0.4 is 0 Å². The lowest BCUT2D eigenvalue weighted by Crippen LogP contribution is -1.85. The van der Waals surface area contributed by atoms with Crippen molar-refractivity contribution in [3.05, 3.63) is 47.7 Å². The number of hydrogen-bond donors (Lipinski definition) is 0. The van der Waals surface area contributed by atoms with Gasteiger partial charge in [-0.3, -0.25) is 0 Å². The third-order valence-electron chi connectivity index (χ3n) is 2.66. The van der Waals surface area contributed by atoms with Crippen LogP contribution >= 0.6 is 24.0 Å². The summed E-state index contributed by atoms with van der Waals surface area (Å²) in [4.78, 5) is 9.46. The first-order valence-corrected chi connectivity index (χ1v) is 6.71. The molecule has 0 fully saturated rings. The van der Waals surface area contributed by atoms with E-state index < -0.39 is 0 Å². The van der Waals surface area contributed by atoms with Crippen LogP contribution in [-0.4, -0.2) is 10.1 Å². The molecule has 0 saturated heterocycles. The van der Waals surface area contributed by atoms with Crippen LogP contribution in [0.15, 0.2) is 51.4 Å². The first-order chi connectivity index (χ1) is 8.70. The zero-order valence-corrected chi connectivity index (χ0v) is 11.8. The Balaban J connectivity index is 2.23. The molecule has 0 unspecified atom stereocenters. The van der Waals surface area contributed by atoms with Crippen molar-refractivity contribution >= 4 is 34.8 Å². The number of pyridine rings is 1. The van der Waals surface area contributed by atoms with Crippen LogP contribution in [0.2, 0.25) is 0 Å². The van der Waals surface area contributed by atoms with Crippen LogP contribution in [0, 0.1) is 13.8 Å². The third-order valence-corrected chi connectivity index (χ3v) is 3.87. The molecule has 1 aromatic carbocycles. The van der Waals surface area contributed by atoms with E-state index in [1.807, 2.05) is 12.1 Å². The summed E-state index contributed by atoms with van der Waals surface area (Å²) in [5.74, 6) is 0. The molecule has 0 aliphatic heterocycles. The Labute approximate surface area is 116 Å². The molecule has 18 heavy (non-hydrogen) atoms. The molecule has 0 radical (unpaired) electrons. The molecule has 0 aliphatic carbocycles. The Hall–Kier alpha value is -1.48. The number of rotatable bonds is 3. The van der Waals surface area contributed by atoms with Crippen LogP contribution in [0.5, 0.6) is 0 Å². The van der Waals surface area contributed by atoms with Crippen LogP contribution in [0.3, 0.4) is 0 Å². The predicted octanol–water partition coefficient (Wildman–Crippen LogP) is 4.58. The van der Waals surface area contributed by atoms with Crippen molar-refractivity contribution in [3.63, 3.8) is 0 Å². The van der Waals surface area contributed by atoms with E-state index in [-0.39, 0.29) is 0 Å². The molecule has 90 valence electrons. The zero-order chi connectivity index (χ0) is 13.0. The van der Waals surface area contributed by atoms with Crippen LogP contribution in [0.4, 0.5) is 5.69 Å².